The van der Waals surface area contributed by atoms with E-state index in [9.17, 15) is 117 Å². The molecule has 46 nitrogen and oxygen atoms in total. The molecule has 706 valence electrons. The molecule has 0 heterocycles. The van der Waals surface area contributed by atoms with Crippen molar-refractivity contribution in [1.82, 2.24) is 79.8 Å². The zero-order valence-electron chi connectivity index (χ0n) is 73.3. The number of aliphatic hydroxyl groups excluding tert-OH is 1. The van der Waals surface area contributed by atoms with Gasteiger partial charge < -0.3 is 140 Å². The lowest BCUT2D eigenvalue weighted by Gasteiger charge is -2.31. The molecule has 0 saturated heterocycles. The molecular weight excluding hydrogens is 1630 g/mol. The number of rotatable bonds is 65. The molecule has 0 aromatic rings. The predicted molar refractivity (Wildman–Crippen MR) is 450 cm³/mol. The van der Waals surface area contributed by atoms with Gasteiger partial charge in [0.15, 0.2) is 5.96 Å². The van der Waals surface area contributed by atoms with Gasteiger partial charge in [0.05, 0.1) is 38.3 Å². The molecule has 0 aliphatic carbocycles. The predicted octanol–water partition coefficient (Wildman–Crippen LogP) is -5.99. The first-order valence-electron chi connectivity index (χ1n) is 42.1. The zero-order chi connectivity index (χ0) is 95.0. The molecule has 0 aliphatic heterocycles. The average Bonchev–Trinajstić information content (AvgIpc) is 0.847. The van der Waals surface area contributed by atoms with Gasteiger partial charge in [-0.05, 0) is 126 Å². The smallest absolute Gasteiger partial charge is 0.326 e. The minimum Gasteiger partial charge on any atom is -0.481 e. The van der Waals surface area contributed by atoms with Crippen molar-refractivity contribution in [1.29, 1.82) is 5.41 Å². The molecule has 0 rings (SSSR count). The summed E-state index contributed by atoms with van der Waals surface area (Å²) in [4.78, 5) is 259. The fourth-order valence-electron chi connectivity index (χ4n) is 12.4. The Bertz CT molecular complexity index is 3560. The van der Waals surface area contributed by atoms with Crippen LogP contribution in [0.25, 0.3) is 0 Å². The number of amides is 15. The van der Waals surface area contributed by atoms with Crippen LogP contribution in [-0.4, -0.2) is 267 Å². The van der Waals surface area contributed by atoms with Gasteiger partial charge in [-0.25, -0.2) is 4.79 Å². The summed E-state index contributed by atoms with van der Waals surface area (Å²) in [5, 5.41) is 93.6. The number of nitrogens with two attached hydrogens (primary N) is 6. The van der Waals surface area contributed by atoms with Gasteiger partial charge in [0.1, 0.15) is 84.6 Å². The minimum absolute atomic E-state index is 0.0112. The lowest BCUT2D eigenvalue weighted by molar-refractivity contribution is -0.147. The van der Waals surface area contributed by atoms with Gasteiger partial charge in [0.25, 0.3) is 0 Å². The molecule has 33 N–H and O–H groups in total. The van der Waals surface area contributed by atoms with E-state index in [0.717, 1.165) is 0 Å². The van der Waals surface area contributed by atoms with Crippen molar-refractivity contribution in [3.8, 4) is 0 Å². The molecule has 0 bridgehead atoms. The van der Waals surface area contributed by atoms with Crippen molar-refractivity contribution in [3.05, 3.63) is 0 Å². The number of nitrogens with one attached hydrogen (secondary N) is 16. The summed E-state index contributed by atoms with van der Waals surface area (Å²) in [7, 11) is 0. The van der Waals surface area contributed by atoms with Crippen molar-refractivity contribution < 1.29 is 117 Å². The summed E-state index contributed by atoms with van der Waals surface area (Å²) in [5.74, 6) is -27.5. The van der Waals surface area contributed by atoms with Crippen LogP contribution in [0.1, 0.15) is 212 Å². The second-order valence-electron chi connectivity index (χ2n) is 31.8. The maximum Gasteiger partial charge on any atom is 0.326 e. The lowest BCUT2D eigenvalue weighted by atomic mass is 9.95. The first-order chi connectivity index (χ1) is 58.1. The Kier molecular flexibility index (Phi) is 54.4. The summed E-state index contributed by atoms with van der Waals surface area (Å²) < 4.78 is 0. The zero-order valence-corrected chi connectivity index (χ0v) is 73.3. The van der Waals surface area contributed by atoms with E-state index in [1.165, 1.54) is 34.6 Å². The number of carbonyl (C=O) groups excluding carboxylic acids is 15. The van der Waals surface area contributed by atoms with Crippen LogP contribution < -0.4 is 114 Å². The maximum atomic E-state index is 14.7. The molecule has 0 radical (unpaired) electrons. The molecule has 15 amide bonds. The van der Waals surface area contributed by atoms with Gasteiger partial charge >= 0.3 is 23.9 Å². The van der Waals surface area contributed by atoms with Crippen LogP contribution in [-0.2, 0) is 91.1 Å². The second kappa shape index (κ2) is 59.7. The van der Waals surface area contributed by atoms with Crippen molar-refractivity contribution in [2.75, 3.05) is 32.8 Å². The van der Waals surface area contributed by atoms with Crippen molar-refractivity contribution in [3.63, 3.8) is 0 Å². The van der Waals surface area contributed by atoms with Crippen molar-refractivity contribution in [2.24, 2.45) is 69.9 Å². The van der Waals surface area contributed by atoms with Gasteiger partial charge in [0, 0.05) is 6.54 Å². The number of primary amides is 1. The Morgan fingerprint density at radius 2 is 0.581 bits per heavy atom. The highest BCUT2D eigenvalue weighted by atomic mass is 16.4. The van der Waals surface area contributed by atoms with Crippen LogP contribution in [0.15, 0.2) is 0 Å². The molecule has 46 heteroatoms. The maximum absolute atomic E-state index is 14.7. The van der Waals surface area contributed by atoms with E-state index < -0.39 is 277 Å². The van der Waals surface area contributed by atoms with E-state index in [0.29, 0.717) is 32.2 Å². The van der Waals surface area contributed by atoms with Crippen LogP contribution in [0.2, 0.25) is 0 Å². The Hall–Kier alpha value is -11.0. The molecular formula is C78H140N22O24. The highest BCUT2D eigenvalue weighted by Crippen LogP contribution is 2.19. The highest BCUT2D eigenvalue weighted by Gasteiger charge is 2.42. The number of carboxylic acid groups (broad SMARTS) is 4. The number of unbranched alkanes of at least 4 members (excludes halogenated alkanes) is 3. The summed E-state index contributed by atoms with van der Waals surface area (Å²) >= 11 is 0. The Balaban J connectivity index is 7.22. The van der Waals surface area contributed by atoms with Gasteiger partial charge in [-0.1, -0.05) is 115 Å². The number of carbonyl (C=O) groups is 19. The van der Waals surface area contributed by atoms with Gasteiger partial charge in [-0.3, -0.25) is 91.7 Å². The summed E-state index contributed by atoms with van der Waals surface area (Å²) in [5.41, 5.74) is 34.1. The van der Waals surface area contributed by atoms with Crippen LogP contribution >= 0.6 is 0 Å². The number of hydrogen-bond donors (Lipinski definition) is 27. The van der Waals surface area contributed by atoms with Gasteiger partial charge in [0.2, 0.25) is 88.6 Å². The van der Waals surface area contributed by atoms with Crippen LogP contribution in [0.4, 0.5) is 0 Å². The normalized spacial score (nSPS) is 15.8. The van der Waals surface area contributed by atoms with E-state index >= 15 is 0 Å². The Labute approximate surface area is 722 Å². The fraction of sp³-hybridized carbons (Fsp3) is 0.744. The summed E-state index contributed by atoms with van der Waals surface area (Å²) in [6.45, 7) is 18.6. The largest absolute Gasteiger partial charge is 0.481 e. The minimum atomic E-state index is -2.05. The van der Waals surface area contributed by atoms with E-state index in [1.807, 2.05) is 0 Å². The number of guanidine groups is 1. The van der Waals surface area contributed by atoms with Crippen molar-refractivity contribution in [2.45, 2.75) is 302 Å². The fourth-order valence-corrected chi connectivity index (χ4v) is 12.4. The third-order valence-electron chi connectivity index (χ3n) is 20.7. The van der Waals surface area contributed by atoms with E-state index in [2.05, 4.69) is 79.8 Å². The number of aliphatic carboxylic acids is 4. The summed E-state index contributed by atoms with van der Waals surface area (Å²) in [6.07, 6.45) is -1.29. The van der Waals surface area contributed by atoms with Gasteiger partial charge in [-0.15, -0.1) is 0 Å². The number of hydrogen-bond acceptors (Lipinski definition) is 25. The third-order valence-corrected chi connectivity index (χ3v) is 20.7. The standard InChI is InChI=1S/C78H140N22O24/c1-13-40(9)59(99-69(115)49(33-54(83)102)91-71(117)53(37-101)95-76(122)61(42(11)15-3)98-65(111)45(25-18-21-29-80)87-63(109)44(82)24-17-20-28-79)73(119)88-46(26-19-22-30-81)66(112)97-60(41(10)14-2)75(121)93-50(34-55(103)104)68(114)90-48(32-38(5)6)67(113)92-51(35-56(105)106)70(116)96-58(39(7)8)72(118)100-62(43(12)16-4)74(120)89-47(27-23-31-86-78(84)85)64(110)94-52(77(123)124)36-57(107)108/h38-53,58-62,101H,13-37,79-82H2,1-12H3,(H2,83,102)(H,87,109)(H,88,119)(H,89,120)(H,90,114)(H,91,117)(H,92,113)(H,93,121)(H,94,110)(H,95,122)(H,96,116)(H,97,112)(H,98,111)(H,99,115)(H,100,118)(H,103,104)(H,105,106)(H,107,108)(H,123,124)(H4,84,85,86)/t40-,41-,42-,43-,44-,45-,46-,47-,48-,49-,50-,51-,52-,53-,58-,59-,60-,61-,62-/m0/s1. The first kappa shape index (κ1) is 113. The average molecular weight is 1770 g/mol. The first-order valence-corrected chi connectivity index (χ1v) is 42.1. The Morgan fingerprint density at radius 3 is 0.919 bits per heavy atom. The van der Waals surface area contributed by atoms with Crippen LogP contribution in [0.3, 0.4) is 0 Å². The molecule has 0 saturated carbocycles. The van der Waals surface area contributed by atoms with Gasteiger partial charge in [-0.2, -0.15) is 0 Å². The highest BCUT2D eigenvalue weighted by molar-refractivity contribution is 6.02. The monoisotopic (exact) mass is 1770 g/mol. The molecule has 0 unspecified atom stereocenters. The Morgan fingerprint density at radius 1 is 0.315 bits per heavy atom. The second-order valence-corrected chi connectivity index (χ2v) is 31.8. The molecule has 0 spiro atoms. The van der Waals surface area contributed by atoms with E-state index in [4.69, 9.17) is 39.8 Å². The van der Waals surface area contributed by atoms with Crippen LogP contribution in [0.5, 0.6) is 0 Å². The topological polar surface area (TPSA) is 786 Å². The molecule has 0 aromatic heterocycles. The molecule has 0 fully saturated rings. The lowest BCUT2D eigenvalue weighted by Crippen LogP contribution is -2.63. The summed E-state index contributed by atoms with van der Waals surface area (Å²) in [6, 6.07) is -24.5. The SMILES string of the molecule is CC[C@H](C)[C@H](NC(=O)[C@H](CCCCN)NC(=O)[C@@H](NC(=O)[C@H](CC(N)=O)NC(=O)[C@H](CO)NC(=O)[C@@H](NC(=O)[C@H](CCCCN)NC(=O)[C@@H](N)CCCCN)[C@@H](C)CC)[C@@H](C)CC)C(=O)N[C@@H](CC(=O)O)C(=O)N[C@@H](CC(C)C)C(=O)N[C@@H](CC(=O)O)C(=O)N[C@H](C(=O)N[C@H](C(=O)N[C@@H](CCCNC(=N)N)C(=O)N[C@@H](CC(=O)O)C(=O)O)[C@@H](C)CC)C(C)C. The van der Waals surface area contributed by atoms with E-state index in [-0.39, 0.29) is 96.7 Å². The molecule has 19 atom stereocenters. The number of aliphatic hydroxyl groups is 1. The number of carboxylic acids is 4. The molecule has 0 aromatic carbocycles. The quantitative estimate of drug-likeness (QED) is 0.0153. The molecule has 124 heavy (non-hydrogen) atoms. The van der Waals surface area contributed by atoms with E-state index in [1.54, 1.807) is 48.5 Å². The van der Waals surface area contributed by atoms with Crippen molar-refractivity contribution >= 4 is 118 Å². The third kappa shape index (κ3) is 42.9. The van der Waals surface area contributed by atoms with Crippen LogP contribution in [0, 0.1) is 40.9 Å². The molecule has 0 aliphatic rings.